The predicted octanol–water partition coefficient (Wildman–Crippen LogP) is 0.425. The Bertz CT molecular complexity index is 408. The summed E-state index contributed by atoms with van der Waals surface area (Å²) in [5, 5.41) is 4.94. The van der Waals surface area contributed by atoms with E-state index in [4.69, 9.17) is 0 Å². The molecule has 23 heavy (non-hydrogen) atoms. The summed E-state index contributed by atoms with van der Waals surface area (Å²) in [5.41, 5.74) is 0. The molecule has 0 aliphatic carbocycles. The largest absolute Gasteiger partial charge is 0.356 e. The van der Waals surface area contributed by atoms with Gasteiger partial charge in [-0.2, -0.15) is 0 Å². The Labute approximate surface area is 137 Å². The summed E-state index contributed by atoms with van der Waals surface area (Å²) < 4.78 is 0. The molecule has 7 nitrogen and oxygen atoms in total. The smallest absolute Gasteiger partial charge is 0.242 e. The van der Waals surface area contributed by atoms with E-state index in [1.165, 1.54) is 17.9 Å². The van der Waals surface area contributed by atoms with E-state index in [9.17, 15) is 19.2 Å². The Morgan fingerprint density at radius 2 is 1.83 bits per heavy atom. The number of carbonyl (C=O) groups excluding carboxylic acids is 4. The second kappa shape index (κ2) is 15.9. The van der Waals surface area contributed by atoms with Crippen LogP contribution in [0.4, 0.5) is 0 Å². The lowest BCUT2D eigenvalue weighted by molar-refractivity contribution is -0.134. The second-order valence-electron chi connectivity index (χ2n) is 4.54. The van der Waals surface area contributed by atoms with Gasteiger partial charge in [-0.3, -0.25) is 19.2 Å². The van der Waals surface area contributed by atoms with E-state index in [1.54, 1.807) is 6.08 Å². The summed E-state index contributed by atoms with van der Waals surface area (Å²) in [6, 6.07) is 0. The van der Waals surface area contributed by atoms with Crippen LogP contribution in [0.1, 0.15) is 26.7 Å². The van der Waals surface area contributed by atoms with Gasteiger partial charge >= 0.3 is 0 Å². The molecule has 0 aliphatic heterocycles. The SMILES string of the molecule is C=CCCC(=O)NCC.C=CCN(CC(C)=O)C(=O)CNC=O. The van der Waals surface area contributed by atoms with E-state index in [0.717, 1.165) is 13.0 Å². The summed E-state index contributed by atoms with van der Waals surface area (Å²) in [6.45, 7) is 11.3. The number of amides is 3. The third-order valence-corrected chi connectivity index (χ3v) is 2.40. The van der Waals surface area contributed by atoms with Gasteiger partial charge in [0.25, 0.3) is 0 Å². The van der Waals surface area contributed by atoms with Crippen molar-refractivity contribution in [3.63, 3.8) is 0 Å². The molecule has 2 N–H and O–H groups in total. The molecule has 0 rings (SSSR count). The molecule has 0 aromatic heterocycles. The number of hydrogen-bond acceptors (Lipinski definition) is 4. The molecule has 0 bridgehead atoms. The van der Waals surface area contributed by atoms with Gasteiger partial charge in [0.2, 0.25) is 18.2 Å². The van der Waals surface area contributed by atoms with Gasteiger partial charge in [-0.05, 0) is 20.3 Å². The minimum atomic E-state index is -0.299. The molecule has 0 saturated carbocycles. The van der Waals surface area contributed by atoms with E-state index in [2.05, 4.69) is 23.8 Å². The zero-order valence-corrected chi connectivity index (χ0v) is 14.0. The van der Waals surface area contributed by atoms with Gasteiger partial charge in [-0.25, -0.2) is 0 Å². The quantitative estimate of drug-likeness (QED) is 0.425. The van der Waals surface area contributed by atoms with Crippen LogP contribution in [0.3, 0.4) is 0 Å². The predicted molar refractivity (Wildman–Crippen MR) is 89.6 cm³/mol. The maximum absolute atomic E-state index is 11.3. The van der Waals surface area contributed by atoms with Crippen molar-refractivity contribution in [2.75, 3.05) is 26.2 Å². The third kappa shape index (κ3) is 15.8. The van der Waals surface area contributed by atoms with Crippen LogP contribution in [0.25, 0.3) is 0 Å². The maximum Gasteiger partial charge on any atom is 0.242 e. The molecule has 3 amide bonds. The lowest BCUT2D eigenvalue weighted by Crippen LogP contribution is -2.40. The Kier molecular flexibility index (Phi) is 15.8. The summed E-state index contributed by atoms with van der Waals surface area (Å²) in [5.74, 6) is -0.295. The van der Waals surface area contributed by atoms with Crippen molar-refractivity contribution < 1.29 is 19.2 Å². The molecule has 0 radical (unpaired) electrons. The molecule has 0 spiro atoms. The summed E-state index contributed by atoms with van der Waals surface area (Å²) in [4.78, 5) is 44.0. The molecule has 0 atom stereocenters. The molecule has 0 fully saturated rings. The highest BCUT2D eigenvalue weighted by Gasteiger charge is 2.12. The normalized spacial score (nSPS) is 8.78. The van der Waals surface area contributed by atoms with E-state index in [-0.39, 0.29) is 30.7 Å². The first-order chi connectivity index (χ1) is 10.9. The van der Waals surface area contributed by atoms with Crippen LogP contribution in [-0.4, -0.2) is 55.1 Å². The summed E-state index contributed by atoms with van der Waals surface area (Å²) in [6.07, 6.45) is 5.05. The van der Waals surface area contributed by atoms with E-state index < -0.39 is 0 Å². The monoisotopic (exact) mass is 325 g/mol. The van der Waals surface area contributed by atoms with Crippen molar-refractivity contribution in [1.29, 1.82) is 0 Å². The number of nitrogens with zero attached hydrogens (tertiary/aromatic N) is 1. The van der Waals surface area contributed by atoms with Crippen LogP contribution in [0.15, 0.2) is 25.3 Å². The van der Waals surface area contributed by atoms with Gasteiger partial charge < -0.3 is 15.5 Å². The summed E-state index contributed by atoms with van der Waals surface area (Å²) in [7, 11) is 0. The van der Waals surface area contributed by atoms with Crippen LogP contribution >= 0.6 is 0 Å². The van der Waals surface area contributed by atoms with Gasteiger partial charge in [0.1, 0.15) is 5.78 Å². The first-order valence-electron chi connectivity index (χ1n) is 7.35. The maximum atomic E-state index is 11.3. The Balaban J connectivity index is 0. The van der Waals surface area contributed by atoms with Crippen LogP contribution in [0, 0.1) is 0 Å². The van der Waals surface area contributed by atoms with Crippen LogP contribution in [-0.2, 0) is 19.2 Å². The molecule has 7 heteroatoms. The Morgan fingerprint density at radius 1 is 1.17 bits per heavy atom. The number of allylic oxidation sites excluding steroid dienone is 1. The van der Waals surface area contributed by atoms with Crippen LogP contribution in [0.2, 0.25) is 0 Å². The molecule has 130 valence electrons. The van der Waals surface area contributed by atoms with Gasteiger partial charge in [-0.15, -0.1) is 13.2 Å². The van der Waals surface area contributed by atoms with Crippen LogP contribution in [0.5, 0.6) is 0 Å². The second-order valence-corrected chi connectivity index (χ2v) is 4.54. The summed E-state index contributed by atoms with van der Waals surface area (Å²) >= 11 is 0. The number of ketones is 1. The van der Waals surface area contributed by atoms with E-state index in [0.29, 0.717) is 19.4 Å². The average Bonchev–Trinajstić information content (AvgIpc) is 2.50. The van der Waals surface area contributed by atoms with Gasteiger partial charge in [0.15, 0.2) is 0 Å². The first kappa shape index (κ1) is 22.8. The highest BCUT2D eigenvalue weighted by molar-refractivity contribution is 5.86. The fourth-order valence-electron chi connectivity index (χ4n) is 1.44. The minimum absolute atomic E-state index is 0.0470. The van der Waals surface area contributed by atoms with Crippen molar-refractivity contribution in [3.8, 4) is 0 Å². The number of nitrogens with one attached hydrogen (secondary N) is 2. The number of hydrogen-bond donors (Lipinski definition) is 2. The highest BCUT2D eigenvalue weighted by Crippen LogP contribution is 1.90. The Morgan fingerprint density at radius 3 is 2.26 bits per heavy atom. The molecule has 0 aliphatic rings. The first-order valence-corrected chi connectivity index (χ1v) is 7.35. The zero-order chi connectivity index (χ0) is 18.1. The van der Waals surface area contributed by atoms with Crippen molar-refractivity contribution >= 4 is 24.0 Å². The third-order valence-electron chi connectivity index (χ3n) is 2.40. The lowest BCUT2D eigenvalue weighted by Gasteiger charge is -2.18. The molecule has 0 aromatic rings. The topological polar surface area (TPSA) is 95.6 Å². The average molecular weight is 325 g/mol. The fourth-order valence-corrected chi connectivity index (χ4v) is 1.44. The van der Waals surface area contributed by atoms with Crippen molar-refractivity contribution in [2.45, 2.75) is 26.7 Å². The highest BCUT2D eigenvalue weighted by atomic mass is 16.2. The minimum Gasteiger partial charge on any atom is -0.356 e. The Hall–Kier alpha value is -2.44. The molecule has 0 heterocycles. The van der Waals surface area contributed by atoms with E-state index in [1.807, 2.05) is 6.92 Å². The van der Waals surface area contributed by atoms with Gasteiger partial charge in [0.05, 0.1) is 13.1 Å². The van der Waals surface area contributed by atoms with Gasteiger partial charge in [0, 0.05) is 19.5 Å². The van der Waals surface area contributed by atoms with Crippen molar-refractivity contribution in [2.24, 2.45) is 0 Å². The fraction of sp³-hybridized carbons (Fsp3) is 0.500. The van der Waals surface area contributed by atoms with E-state index >= 15 is 0 Å². The van der Waals surface area contributed by atoms with Crippen molar-refractivity contribution in [1.82, 2.24) is 15.5 Å². The molecule has 0 unspecified atom stereocenters. The molecular weight excluding hydrogens is 298 g/mol. The number of rotatable bonds is 11. The van der Waals surface area contributed by atoms with Crippen LogP contribution < -0.4 is 10.6 Å². The van der Waals surface area contributed by atoms with Gasteiger partial charge in [-0.1, -0.05) is 12.2 Å². The number of Topliss-reactive ketones (excluding diaryl/α,β-unsaturated/α-hetero) is 1. The molecule has 0 saturated heterocycles. The zero-order valence-electron chi connectivity index (χ0n) is 14.0. The van der Waals surface area contributed by atoms with Crippen molar-refractivity contribution in [3.05, 3.63) is 25.3 Å². The lowest BCUT2D eigenvalue weighted by atomic mass is 10.3. The number of carbonyl (C=O) groups is 4. The molecular formula is C16H27N3O4. The standard InChI is InChI=1S/C9H14N2O3.C7H13NO/c1-3-4-11(6-8(2)13)9(14)5-10-7-12;1-3-5-6-7(9)8-4-2/h3,7H,1,4-6H2,2H3,(H,10,12);3H,1,4-6H2,2H3,(H,8,9). The molecule has 0 aromatic carbocycles.